The van der Waals surface area contributed by atoms with E-state index in [1.807, 2.05) is 11.9 Å². The maximum Gasteiger partial charge on any atom is 0.222 e. The number of hydrogen-bond acceptors (Lipinski definition) is 2. The van der Waals surface area contributed by atoms with E-state index in [1.165, 1.54) is 0 Å². The van der Waals surface area contributed by atoms with Crippen LogP contribution in [0.25, 0.3) is 0 Å². The van der Waals surface area contributed by atoms with Crippen LogP contribution in [0.15, 0.2) is 0 Å². The van der Waals surface area contributed by atoms with Crippen LogP contribution in [0.4, 0.5) is 0 Å². The minimum atomic E-state index is 0.282. The summed E-state index contributed by atoms with van der Waals surface area (Å²) in [6.07, 6.45) is 3.93. The molecule has 0 heterocycles. The van der Waals surface area contributed by atoms with Crippen LogP contribution in [0.5, 0.6) is 0 Å². The Morgan fingerprint density at radius 1 is 1.53 bits per heavy atom. The van der Waals surface area contributed by atoms with Crippen LogP contribution < -0.4 is 5.73 Å². The molecule has 1 saturated carbocycles. The van der Waals surface area contributed by atoms with Crippen molar-refractivity contribution in [3.05, 3.63) is 0 Å². The summed E-state index contributed by atoms with van der Waals surface area (Å²) < 4.78 is 0. The largest absolute Gasteiger partial charge is 0.345 e. The third-order valence-electron chi connectivity index (χ3n) is 3.45. The quantitative estimate of drug-likeness (QED) is 0.752. The van der Waals surface area contributed by atoms with Gasteiger partial charge in [0.1, 0.15) is 0 Å². The van der Waals surface area contributed by atoms with Gasteiger partial charge in [-0.3, -0.25) is 4.79 Å². The van der Waals surface area contributed by atoms with E-state index in [0.29, 0.717) is 24.3 Å². The van der Waals surface area contributed by atoms with E-state index in [1.54, 1.807) is 0 Å². The summed E-state index contributed by atoms with van der Waals surface area (Å²) in [4.78, 5) is 13.6. The second-order valence-electron chi connectivity index (χ2n) is 5.09. The van der Waals surface area contributed by atoms with Crippen LogP contribution in [-0.2, 0) is 4.79 Å². The SMILES string of the molecule is CCC(C)CC(=O)N(C)CC1CC(N)C1. The first-order valence-electron chi connectivity index (χ1n) is 6.02. The van der Waals surface area contributed by atoms with Gasteiger partial charge in [0.2, 0.25) is 5.91 Å². The molecule has 1 amide bonds. The average molecular weight is 212 g/mol. The molecule has 0 aromatic heterocycles. The molecule has 3 nitrogen and oxygen atoms in total. The lowest BCUT2D eigenvalue weighted by molar-refractivity contribution is -0.131. The van der Waals surface area contributed by atoms with E-state index in [-0.39, 0.29) is 5.91 Å². The van der Waals surface area contributed by atoms with Crippen molar-refractivity contribution in [3.63, 3.8) is 0 Å². The Kier molecular flexibility index (Phi) is 4.58. The van der Waals surface area contributed by atoms with E-state index in [2.05, 4.69) is 13.8 Å². The van der Waals surface area contributed by atoms with Gasteiger partial charge in [-0.1, -0.05) is 20.3 Å². The molecule has 1 fully saturated rings. The van der Waals surface area contributed by atoms with Gasteiger partial charge in [0.05, 0.1) is 0 Å². The minimum Gasteiger partial charge on any atom is -0.345 e. The standard InChI is InChI=1S/C12H24N2O/c1-4-9(2)5-12(15)14(3)8-10-6-11(13)7-10/h9-11H,4-8,13H2,1-3H3. The van der Waals surface area contributed by atoms with Crippen molar-refractivity contribution >= 4 is 5.91 Å². The summed E-state index contributed by atoms with van der Waals surface area (Å²) in [5, 5.41) is 0. The summed E-state index contributed by atoms with van der Waals surface area (Å²) in [5.41, 5.74) is 5.72. The molecule has 3 heteroatoms. The fourth-order valence-electron chi connectivity index (χ4n) is 2.02. The highest BCUT2D eigenvalue weighted by atomic mass is 16.2. The monoisotopic (exact) mass is 212 g/mol. The van der Waals surface area contributed by atoms with Crippen molar-refractivity contribution in [2.24, 2.45) is 17.6 Å². The number of amides is 1. The molecule has 0 radical (unpaired) electrons. The van der Waals surface area contributed by atoms with E-state index in [9.17, 15) is 4.79 Å². The molecule has 0 aromatic rings. The normalized spacial score (nSPS) is 26.9. The van der Waals surface area contributed by atoms with Gasteiger partial charge in [0, 0.05) is 26.1 Å². The number of rotatable bonds is 5. The lowest BCUT2D eigenvalue weighted by atomic mass is 9.80. The number of hydrogen-bond donors (Lipinski definition) is 1. The van der Waals surface area contributed by atoms with E-state index >= 15 is 0 Å². The summed E-state index contributed by atoms with van der Waals surface area (Å²) in [7, 11) is 1.91. The number of carbonyl (C=O) groups is 1. The smallest absolute Gasteiger partial charge is 0.222 e. The lowest BCUT2D eigenvalue weighted by Gasteiger charge is -2.35. The second-order valence-corrected chi connectivity index (χ2v) is 5.09. The van der Waals surface area contributed by atoms with Gasteiger partial charge in [-0.25, -0.2) is 0 Å². The van der Waals surface area contributed by atoms with Gasteiger partial charge in [-0.15, -0.1) is 0 Å². The average Bonchev–Trinajstić information content (AvgIpc) is 2.15. The summed E-state index contributed by atoms with van der Waals surface area (Å²) in [6.45, 7) is 5.15. The number of nitrogens with two attached hydrogens (primary N) is 1. The van der Waals surface area contributed by atoms with Gasteiger partial charge in [-0.05, 0) is 24.7 Å². The molecular weight excluding hydrogens is 188 g/mol. The topological polar surface area (TPSA) is 46.3 Å². The van der Waals surface area contributed by atoms with E-state index in [4.69, 9.17) is 5.73 Å². The molecule has 1 unspecified atom stereocenters. The Labute approximate surface area is 93.0 Å². The molecule has 1 aliphatic rings. The molecule has 88 valence electrons. The predicted octanol–water partition coefficient (Wildman–Crippen LogP) is 1.62. The molecule has 1 atom stereocenters. The zero-order valence-corrected chi connectivity index (χ0v) is 10.2. The van der Waals surface area contributed by atoms with Crippen LogP contribution in [0.3, 0.4) is 0 Å². The summed E-state index contributed by atoms with van der Waals surface area (Å²) in [6, 6.07) is 0.382. The van der Waals surface area contributed by atoms with Crippen LogP contribution in [0, 0.1) is 11.8 Å². The fraction of sp³-hybridized carbons (Fsp3) is 0.917. The Bertz CT molecular complexity index is 212. The van der Waals surface area contributed by atoms with Gasteiger partial charge >= 0.3 is 0 Å². The Balaban J connectivity index is 2.21. The molecule has 1 rings (SSSR count). The van der Waals surface area contributed by atoms with Crippen molar-refractivity contribution in [1.29, 1.82) is 0 Å². The van der Waals surface area contributed by atoms with Gasteiger partial charge in [0.25, 0.3) is 0 Å². The highest BCUT2D eigenvalue weighted by molar-refractivity contribution is 5.76. The van der Waals surface area contributed by atoms with Gasteiger partial charge in [-0.2, -0.15) is 0 Å². The molecule has 0 bridgehead atoms. The van der Waals surface area contributed by atoms with Crippen LogP contribution in [0.1, 0.15) is 39.5 Å². The molecule has 1 aliphatic carbocycles. The first-order chi connectivity index (χ1) is 7.02. The first-order valence-corrected chi connectivity index (χ1v) is 6.02. The Hall–Kier alpha value is -0.570. The first kappa shape index (κ1) is 12.5. The van der Waals surface area contributed by atoms with Crippen molar-refractivity contribution in [2.45, 2.75) is 45.6 Å². The molecule has 2 N–H and O–H groups in total. The molecule has 0 spiro atoms. The van der Waals surface area contributed by atoms with Crippen molar-refractivity contribution in [3.8, 4) is 0 Å². The fourth-order valence-corrected chi connectivity index (χ4v) is 2.02. The van der Waals surface area contributed by atoms with Crippen LogP contribution in [-0.4, -0.2) is 30.4 Å². The second kappa shape index (κ2) is 5.50. The molecular formula is C12H24N2O. The molecule has 0 saturated heterocycles. The highest BCUT2D eigenvalue weighted by Gasteiger charge is 2.27. The third-order valence-corrected chi connectivity index (χ3v) is 3.45. The lowest BCUT2D eigenvalue weighted by Crippen LogP contribution is -2.43. The van der Waals surface area contributed by atoms with Crippen molar-refractivity contribution in [2.75, 3.05) is 13.6 Å². The van der Waals surface area contributed by atoms with Gasteiger partial charge < -0.3 is 10.6 Å². The third kappa shape index (κ3) is 3.82. The number of carbonyl (C=O) groups excluding carboxylic acids is 1. The van der Waals surface area contributed by atoms with Crippen LogP contribution in [0.2, 0.25) is 0 Å². The summed E-state index contributed by atoms with van der Waals surface area (Å²) in [5.74, 6) is 1.43. The van der Waals surface area contributed by atoms with Crippen molar-refractivity contribution < 1.29 is 4.79 Å². The highest BCUT2D eigenvalue weighted by Crippen LogP contribution is 2.26. The zero-order valence-electron chi connectivity index (χ0n) is 10.2. The molecule has 0 aromatic carbocycles. The zero-order chi connectivity index (χ0) is 11.4. The Morgan fingerprint density at radius 2 is 2.13 bits per heavy atom. The maximum atomic E-state index is 11.8. The Morgan fingerprint density at radius 3 is 2.60 bits per heavy atom. The van der Waals surface area contributed by atoms with E-state index in [0.717, 1.165) is 25.8 Å². The number of nitrogens with zero attached hydrogens (tertiary/aromatic N) is 1. The van der Waals surface area contributed by atoms with Crippen LogP contribution >= 0.6 is 0 Å². The summed E-state index contributed by atoms with van der Waals surface area (Å²) >= 11 is 0. The van der Waals surface area contributed by atoms with E-state index < -0.39 is 0 Å². The molecule has 15 heavy (non-hydrogen) atoms. The minimum absolute atomic E-state index is 0.282. The van der Waals surface area contributed by atoms with Gasteiger partial charge in [0.15, 0.2) is 0 Å². The maximum absolute atomic E-state index is 11.8. The molecule has 0 aliphatic heterocycles. The van der Waals surface area contributed by atoms with Crippen molar-refractivity contribution in [1.82, 2.24) is 4.90 Å². The predicted molar refractivity (Wildman–Crippen MR) is 62.4 cm³/mol.